The predicted octanol–water partition coefficient (Wildman–Crippen LogP) is 3.13. The van der Waals surface area contributed by atoms with E-state index in [9.17, 15) is 22.4 Å². The second-order valence-electron chi connectivity index (χ2n) is 4.36. The van der Waals surface area contributed by atoms with Gasteiger partial charge < -0.3 is 10.6 Å². The SMILES string of the molecule is O=C(NCCNc1c(F)c(F)nc(F)c1F)c1ccccc1Cl. The van der Waals surface area contributed by atoms with Crippen LogP contribution in [-0.2, 0) is 0 Å². The smallest absolute Gasteiger partial charge is 0.253 e. The van der Waals surface area contributed by atoms with Crippen LogP contribution in [0.25, 0.3) is 0 Å². The third kappa shape index (κ3) is 3.89. The van der Waals surface area contributed by atoms with Crippen molar-refractivity contribution in [2.75, 3.05) is 18.4 Å². The molecule has 0 fully saturated rings. The molecule has 1 heterocycles. The number of nitrogens with zero attached hydrogens (tertiary/aromatic N) is 1. The van der Waals surface area contributed by atoms with E-state index in [1.165, 1.54) is 12.1 Å². The maximum absolute atomic E-state index is 13.3. The first-order valence-electron chi connectivity index (χ1n) is 6.38. The molecular formula is C14H10ClF4N3O. The van der Waals surface area contributed by atoms with Crippen LogP contribution in [0.5, 0.6) is 0 Å². The highest BCUT2D eigenvalue weighted by Crippen LogP contribution is 2.21. The third-order valence-corrected chi connectivity index (χ3v) is 3.16. The van der Waals surface area contributed by atoms with Gasteiger partial charge in [0, 0.05) is 13.1 Å². The molecule has 0 saturated heterocycles. The molecule has 2 aromatic rings. The fourth-order valence-corrected chi connectivity index (χ4v) is 1.97. The minimum Gasteiger partial charge on any atom is -0.378 e. The molecule has 0 saturated carbocycles. The summed E-state index contributed by atoms with van der Waals surface area (Å²) in [6.45, 7) is -0.235. The van der Waals surface area contributed by atoms with Crippen LogP contribution in [0.3, 0.4) is 0 Å². The molecule has 0 bridgehead atoms. The summed E-state index contributed by atoms with van der Waals surface area (Å²) in [7, 11) is 0. The predicted molar refractivity (Wildman–Crippen MR) is 76.3 cm³/mol. The Morgan fingerprint density at radius 3 is 2.26 bits per heavy atom. The van der Waals surface area contributed by atoms with Crippen LogP contribution < -0.4 is 10.6 Å². The Hall–Kier alpha value is -2.35. The number of anilines is 1. The van der Waals surface area contributed by atoms with Crippen molar-refractivity contribution in [1.82, 2.24) is 10.3 Å². The number of rotatable bonds is 5. The summed E-state index contributed by atoms with van der Waals surface area (Å²) in [4.78, 5) is 14.2. The standard InChI is InChI=1S/C14H10ClF4N3O/c15-8-4-2-1-3-7(8)14(23)21-6-5-20-11-9(16)12(18)22-13(19)10(11)17/h1-4H,5-6H2,(H,20,22)(H,21,23). The lowest BCUT2D eigenvalue weighted by atomic mass is 10.2. The van der Waals surface area contributed by atoms with Gasteiger partial charge >= 0.3 is 0 Å². The lowest BCUT2D eigenvalue weighted by Gasteiger charge is -2.10. The van der Waals surface area contributed by atoms with Crippen molar-refractivity contribution >= 4 is 23.2 Å². The lowest BCUT2D eigenvalue weighted by molar-refractivity contribution is 0.0955. The van der Waals surface area contributed by atoms with E-state index >= 15 is 0 Å². The van der Waals surface area contributed by atoms with Gasteiger partial charge in [-0.2, -0.15) is 22.5 Å². The molecule has 0 spiro atoms. The number of halogens is 5. The highest BCUT2D eigenvalue weighted by molar-refractivity contribution is 6.33. The quantitative estimate of drug-likeness (QED) is 0.496. The maximum atomic E-state index is 13.3. The number of amides is 1. The van der Waals surface area contributed by atoms with Crippen LogP contribution >= 0.6 is 11.6 Å². The molecule has 23 heavy (non-hydrogen) atoms. The molecule has 0 aliphatic rings. The molecule has 1 amide bonds. The zero-order chi connectivity index (χ0) is 17.0. The highest BCUT2D eigenvalue weighted by atomic mass is 35.5. The van der Waals surface area contributed by atoms with Crippen LogP contribution in [0.2, 0.25) is 5.02 Å². The molecule has 122 valence electrons. The average molecular weight is 348 g/mol. The molecule has 4 nitrogen and oxygen atoms in total. The van der Waals surface area contributed by atoms with Gasteiger partial charge in [0.05, 0.1) is 10.6 Å². The first-order valence-corrected chi connectivity index (χ1v) is 6.76. The van der Waals surface area contributed by atoms with E-state index in [-0.39, 0.29) is 23.7 Å². The van der Waals surface area contributed by atoms with Gasteiger partial charge in [-0.05, 0) is 12.1 Å². The van der Waals surface area contributed by atoms with E-state index in [0.717, 1.165) is 0 Å². The monoisotopic (exact) mass is 347 g/mol. The van der Waals surface area contributed by atoms with Crippen molar-refractivity contribution in [3.8, 4) is 0 Å². The lowest BCUT2D eigenvalue weighted by Crippen LogP contribution is -2.29. The second-order valence-corrected chi connectivity index (χ2v) is 4.77. The Morgan fingerprint density at radius 2 is 1.65 bits per heavy atom. The molecular weight excluding hydrogens is 338 g/mol. The van der Waals surface area contributed by atoms with Crippen LogP contribution in [-0.4, -0.2) is 24.0 Å². The van der Waals surface area contributed by atoms with Gasteiger partial charge in [0.25, 0.3) is 17.8 Å². The summed E-state index contributed by atoms with van der Waals surface area (Å²) < 4.78 is 52.5. The van der Waals surface area contributed by atoms with Gasteiger partial charge in [0.1, 0.15) is 5.69 Å². The fraction of sp³-hybridized carbons (Fsp3) is 0.143. The Kier molecular flexibility index (Phi) is 5.38. The molecule has 0 unspecified atom stereocenters. The fourth-order valence-electron chi connectivity index (χ4n) is 1.75. The van der Waals surface area contributed by atoms with Crippen molar-refractivity contribution < 1.29 is 22.4 Å². The highest BCUT2D eigenvalue weighted by Gasteiger charge is 2.20. The zero-order valence-electron chi connectivity index (χ0n) is 11.5. The van der Waals surface area contributed by atoms with Gasteiger partial charge in [-0.15, -0.1) is 0 Å². The molecule has 0 aliphatic carbocycles. The van der Waals surface area contributed by atoms with E-state index in [1.54, 1.807) is 12.1 Å². The van der Waals surface area contributed by atoms with Crippen LogP contribution in [0.4, 0.5) is 23.2 Å². The van der Waals surface area contributed by atoms with Crippen LogP contribution in [0.1, 0.15) is 10.4 Å². The van der Waals surface area contributed by atoms with E-state index in [1.807, 2.05) is 0 Å². The summed E-state index contributed by atoms with van der Waals surface area (Å²) in [6, 6.07) is 6.30. The van der Waals surface area contributed by atoms with Gasteiger partial charge in [0.2, 0.25) is 11.6 Å². The molecule has 9 heteroatoms. The maximum Gasteiger partial charge on any atom is 0.253 e. The summed E-state index contributed by atoms with van der Waals surface area (Å²) in [6.07, 6.45) is 0. The van der Waals surface area contributed by atoms with Crippen LogP contribution in [0.15, 0.2) is 24.3 Å². The van der Waals surface area contributed by atoms with Crippen molar-refractivity contribution in [2.24, 2.45) is 0 Å². The van der Waals surface area contributed by atoms with Gasteiger partial charge in [-0.3, -0.25) is 4.79 Å². The van der Waals surface area contributed by atoms with E-state index in [4.69, 9.17) is 11.6 Å². The van der Waals surface area contributed by atoms with Crippen molar-refractivity contribution in [1.29, 1.82) is 0 Å². The van der Waals surface area contributed by atoms with E-state index in [0.29, 0.717) is 0 Å². The Morgan fingerprint density at radius 1 is 1.04 bits per heavy atom. The van der Waals surface area contributed by atoms with Gasteiger partial charge in [-0.25, -0.2) is 0 Å². The first kappa shape index (κ1) is 17.0. The summed E-state index contributed by atoms with van der Waals surface area (Å²) >= 11 is 5.84. The molecule has 2 rings (SSSR count). The van der Waals surface area contributed by atoms with Crippen molar-refractivity contribution in [2.45, 2.75) is 0 Å². The largest absolute Gasteiger partial charge is 0.378 e. The third-order valence-electron chi connectivity index (χ3n) is 2.83. The number of benzene rings is 1. The first-order chi connectivity index (χ1) is 10.9. The molecule has 1 aromatic carbocycles. The number of carbonyl (C=O) groups is 1. The van der Waals surface area contributed by atoms with Crippen molar-refractivity contribution in [3.63, 3.8) is 0 Å². The van der Waals surface area contributed by atoms with Gasteiger partial charge in [0.15, 0.2) is 0 Å². The molecule has 0 aliphatic heterocycles. The molecule has 1 aromatic heterocycles. The van der Waals surface area contributed by atoms with Gasteiger partial charge in [-0.1, -0.05) is 23.7 Å². The average Bonchev–Trinajstić information content (AvgIpc) is 2.52. The summed E-state index contributed by atoms with van der Waals surface area (Å²) in [5.41, 5.74) is -0.755. The zero-order valence-corrected chi connectivity index (χ0v) is 12.2. The van der Waals surface area contributed by atoms with E-state index < -0.39 is 35.1 Å². The summed E-state index contributed by atoms with van der Waals surface area (Å²) in [5.74, 6) is -7.29. The Balaban J connectivity index is 1.94. The molecule has 2 N–H and O–H groups in total. The van der Waals surface area contributed by atoms with E-state index in [2.05, 4.69) is 15.6 Å². The number of hydrogen-bond donors (Lipinski definition) is 2. The van der Waals surface area contributed by atoms with Crippen LogP contribution in [0, 0.1) is 23.5 Å². The Bertz CT molecular complexity index is 716. The number of nitrogens with one attached hydrogen (secondary N) is 2. The second kappa shape index (κ2) is 7.28. The summed E-state index contributed by atoms with van der Waals surface area (Å²) in [5, 5.41) is 4.85. The minimum atomic E-state index is -1.76. The number of hydrogen-bond acceptors (Lipinski definition) is 3. The topological polar surface area (TPSA) is 54.0 Å². The number of aromatic nitrogens is 1. The molecule has 0 radical (unpaired) electrons. The number of carbonyl (C=O) groups excluding carboxylic acids is 1. The normalized spacial score (nSPS) is 10.5. The molecule has 0 atom stereocenters. The van der Waals surface area contributed by atoms with Crippen molar-refractivity contribution in [3.05, 3.63) is 58.4 Å². The minimum absolute atomic E-state index is 0.0610. The number of pyridine rings is 1. The Labute approximate surface area is 133 Å².